The first-order valence-corrected chi connectivity index (χ1v) is 6.74. The van der Waals surface area contributed by atoms with Gasteiger partial charge in [-0.1, -0.05) is 0 Å². The van der Waals surface area contributed by atoms with E-state index in [0.717, 1.165) is 19.5 Å². The molecule has 1 atom stereocenters. The number of carboxylic acids is 1. The fourth-order valence-electron chi connectivity index (χ4n) is 3.70. The second kappa shape index (κ2) is 5.17. The molecule has 106 valence electrons. The van der Waals surface area contributed by atoms with E-state index in [1.807, 2.05) is 0 Å². The van der Waals surface area contributed by atoms with Crippen molar-refractivity contribution in [3.63, 3.8) is 0 Å². The van der Waals surface area contributed by atoms with Crippen LogP contribution in [0, 0.1) is 0 Å². The van der Waals surface area contributed by atoms with Crippen LogP contribution in [0.2, 0.25) is 0 Å². The molecule has 4 nitrogen and oxygen atoms in total. The zero-order chi connectivity index (χ0) is 14.1. The lowest BCUT2D eigenvalue weighted by Crippen LogP contribution is -2.68. The Bertz CT molecular complexity index is 307. The second-order valence-electron chi connectivity index (χ2n) is 7.14. The molecule has 1 N–H and O–H groups in total. The minimum Gasteiger partial charge on any atom is -0.481 e. The highest BCUT2D eigenvalue weighted by atomic mass is 16.4. The van der Waals surface area contributed by atoms with E-state index in [4.69, 9.17) is 5.11 Å². The molecule has 1 unspecified atom stereocenters. The predicted octanol–water partition coefficient (Wildman–Crippen LogP) is 2.04. The summed E-state index contributed by atoms with van der Waals surface area (Å²) in [7, 11) is 2.12. The molecule has 18 heavy (non-hydrogen) atoms. The Hall–Kier alpha value is -0.610. The topological polar surface area (TPSA) is 43.8 Å². The molecule has 1 aliphatic heterocycles. The molecule has 1 saturated heterocycles. The van der Waals surface area contributed by atoms with Gasteiger partial charge in [0.15, 0.2) is 0 Å². The minimum atomic E-state index is -0.699. The average molecular weight is 256 g/mol. The van der Waals surface area contributed by atoms with Crippen LogP contribution in [0.15, 0.2) is 0 Å². The zero-order valence-electron chi connectivity index (χ0n) is 12.7. The summed E-state index contributed by atoms with van der Waals surface area (Å²) in [4.78, 5) is 15.6. The van der Waals surface area contributed by atoms with Gasteiger partial charge in [-0.25, -0.2) is 0 Å². The molecule has 0 aromatic rings. The van der Waals surface area contributed by atoms with Crippen LogP contribution >= 0.6 is 0 Å². The first-order chi connectivity index (χ1) is 8.04. The fraction of sp³-hybridized carbons (Fsp3) is 0.929. The molecule has 0 bridgehead atoms. The highest BCUT2D eigenvalue weighted by molar-refractivity contribution is 5.66. The van der Waals surface area contributed by atoms with Crippen molar-refractivity contribution >= 4 is 5.97 Å². The van der Waals surface area contributed by atoms with Gasteiger partial charge < -0.3 is 10.0 Å². The molecule has 0 radical (unpaired) electrons. The number of rotatable bonds is 3. The van der Waals surface area contributed by atoms with Crippen LogP contribution in [-0.2, 0) is 4.79 Å². The Morgan fingerprint density at radius 3 is 2.39 bits per heavy atom. The molecule has 0 spiro atoms. The molecule has 1 fully saturated rings. The number of nitrogens with zero attached hydrogens (tertiary/aromatic N) is 2. The molecule has 0 aromatic heterocycles. The number of carbonyl (C=O) groups is 1. The van der Waals surface area contributed by atoms with Crippen molar-refractivity contribution in [3.8, 4) is 0 Å². The summed E-state index contributed by atoms with van der Waals surface area (Å²) >= 11 is 0. The van der Waals surface area contributed by atoms with E-state index >= 15 is 0 Å². The van der Waals surface area contributed by atoms with Gasteiger partial charge in [-0.05, 0) is 48.1 Å². The standard InChI is InChI=1S/C14H28N2O2/c1-13(2,3)16-11(7-8-12(17)18)9-15(6)10-14(16,4)5/h11H,7-10H2,1-6H3,(H,17,18). The molecular formula is C14H28N2O2. The summed E-state index contributed by atoms with van der Waals surface area (Å²) in [5.41, 5.74) is 0.141. The third-order valence-corrected chi connectivity index (χ3v) is 3.61. The highest BCUT2D eigenvalue weighted by Crippen LogP contribution is 2.33. The largest absolute Gasteiger partial charge is 0.481 e. The van der Waals surface area contributed by atoms with Crippen molar-refractivity contribution in [2.75, 3.05) is 20.1 Å². The SMILES string of the molecule is CN1CC(CCC(=O)O)N(C(C)(C)C)C(C)(C)C1. The molecule has 0 aliphatic carbocycles. The molecule has 0 saturated carbocycles. The molecule has 1 rings (SSSR count). The number of hydrogen-bond donors (Lipinski definition) is 1. The maximum Gasteiger partial charge on any atom is 0.303 e. The van der Waals surface area contributed by atoms with Crippen LogP contribution in [0.25, 0.3) is 0 Å². The number of hydrogen-bond acceptors (Lipinski definition) is 3. The number of carboxylic acid groups (broad SMARTS) is 1. The Morgan fingerprint density at radius 1 is 1.39 bits per heavy atom. The highest BCUT2D eigenvalue weighted by Gasteiger charge is 2.43. The van der Waals surface area contributed by atoms with Gasteiger partial charge in [-0.3, -0.25) is 9.69 Å². The predicted molar refractivity (Wildman–Crippen MR) is 73.8 cm³/mol. The van der Waals surface area contributed by atoms with Gasteiger partial charge in [-0.2, -0.15) is 0 Å². The Kier molecular flexibility index (Phi) is 4.44. The van der Waals surface area contributed by atoms with Crippen molar-refractivity contribution in [2.24, 2.45) is 0 Å². The molecule has 1 heterocycles. The van der Waals surface area contributed by atoms with Crippen molar-refractivity contribution in [2.45, 2.75) is 64.6 Å². The zero-order valence-corrected chi connectivity index (χ0v) is 12.7. The number of aliphatic carboxylic acids is 1. The van der Waals surface area contributed by atoms with Crippen LogP contribution in [0.1, 0.15) is 47.5 Å². The van der Waals surface area contributed by atoms with E-state index in [0.29, 0.717) is 6.04 Å². The lowest BCUT2D eigenvalue weighted by molar-refractivity contribution is -0.138. The third kappa shape index (κ3) is 3.69. The summed E-state index contributed by atoms with van der Waals surface area (Å²) in [6.45, 7) is 13.1. The van der Waals surface area contributed by atoms with Gasteiger partial charge >= 0.3 is 5.97 Å². The van der Waals surface area contributed by atoms with E-state index in [9.17, 15) is 4.79 Å². The normalized spacial score (nSPS) is 26.2. The van der Waals surface area contributed by atoms with Gasteiger partial charge in [0.2, 0.25) is 0 Å². The molecule has 0 aromatic carbocycles. The van der Waals surface area contributed by atoms with Gasteiger partial charge in [-0.15, -0.1) is 0 Å². The van der Waals surface area contributed by atoms with E-state index in [1.54, 1.807) is 0 Å². The summed E-state index contributed by atoms with van der Waals surface area (Å²) in [6, 6.07) is 0.315. The molecule has 4 heteroatoms. The lowest BCUT2D eigenvalue weighted by atomic mass is 9.86. The molecular weight excluding hydrogens is 228 g/mol. The van der Waals surface area contributed by atoms with Gasteiger partial charge in [0, 0.05) is 36.6 Å². The minimum absolute atomic E-state index is 0.0634. The van der Waals surface area contributed by atoms with E-state index < -0.39 is 5.97 Å². The number of piperazine rings is 1. The monoisotopic (exact) mass is 256 g/mol. The maximum absolute atomic E-state index is 10.8. The van der Waals surface area contributed by atoms with Crippen LogP contribution in [0.4, 0.5) is 0 Å². The van der Waals surface area contributed by atoms with Crippen LogP contribution in [-0.4, -0.2) is 58.1 Å². The Morgan fingerprint density at radius 2 is 1.94 bits per heavy atom. The van der Waals surface area contributed by atoms with Crippen molar-refractivity contribution in [1.82, 2.24) is 9.80 Å². The van der Waals surface area contributed by atoms with Crippen LogP contribution in [0.3, 0.4) is 0 Å². The van der Waals surface area contributed by atoms with E-state index in [-0.39, 0.29) is 17.5 Å². The van der Waals surface area contributed by atoms with Crippen LogP contribution < -0.4 is 0 Å². The van der Waals surface area contributed by atoms with E-state index in [2.05, 4.69) is 51.5 Å². The van der Waals surface area contributed by atoms with Crippen molar-refractivity contribution in [1.29, 1.82) is 0 Å². The van der Waals surface area contributed by atoms with Gasteiger partial charge in [0.25, 0.3) is 0 Å². The van der Waals surface area contributed by atoms with Crippen LogP contribution in [0.5, 0.6) is 0 Å². The summed E-state index contributed by atoms with van der Waals surface area (Å²) in [5.74, 6) is -0.699. The first kappa shape index (κ1) is 15.4. The summed E-state index contributed by atoms with van der Waals surface area (Å²) in [5, 5.41) is 8.90. The van der Waals surface area contributed by atoms with Gasteiger partial charge in [0.05, 0.1) is 0 Å². The second-order valence-corrected chi connectivity index (χ2v) is 7.14. The quantitative estimate of drug-likeness (QED) is 0.839. The van der Waals surface area contributed by atoms with E-state index in [1.165, 1.54) is 0 Å². The van der Waals surface area contributed by atoms with Crippen molar-refractivity contribution < 1.29 is 9.90 Å². The summed E-state index contributed by atoms with van der Waals surface area (Å²) in [6.07, 6.45) is 0.974. The first-order valence-electron chi connectivity index (χ1n) is 6.74. The third-order valence-electron chi connectivity index (χ3n) is 3.61. The van der Waals surface area contributed by atoms with Gasteiger partial charge in [0.1, 0.15) is 0 Å². The molecule has 1 aliphatic rings. The fourth-order valence-corrected chi connectivity index (χ4v) is 3.70. The molecule has 0 amide bonds. The van der Waals surface area contributed by atoms with Crippen molar-refractivity contribution in [3.05, 3.63) is 0 Å². The smallest absolute Gasteiger partial charge is 0.303 e. The summed E-state index contributed by atoms with van der Waals surface area (Å²) < 4.78 is 0. The maximum atomic E-state index is 10.8. The Balaban J connectivity index is 2.91. The lowest BCUT2D eigenvalue weighted by Gasteiger charge is -2.57. The average Bonchev–Trinajstić information content (AvgIpc) is 2.08. The number of likely N-dealkylation sites (N-methyl/N-ethyl adjacent to an activating group) is 1. The Labute approximate surface area is 111 Å².